The van der Waals surface area contributed by atoms with Gasteiger partial charge in [0.05, 0.1) is 6.21 Å². The van der Waals surface area contributed by atoms with Crippen LogP contribution in [0, 0.1) is 0 Å². The first kappa shape index (κ1) is 10.2. The van der Waals surface area contributed by atoms with Gasteiger partial charge in [-0.05, 0) is 0 Å². The van der Waals surface area contributed by atoms with Crippen molar-refractivity contribution in [1.29, 1.82) is 0 Å². The highest BCUT2D eigenvalue weighted by molar-refractivity contribution is 6.16. The van der Waals surface area contributed by atoms with Crippen LogP contribution in [-0.2, 0) is 6.42 Å². The number of hydrogen-bond acceptors (Lipinski definition) is 7. The van der Waals surface area contributed by atoms with Crippen LogP contribution in [0.1, 0.15) is 12.7 Å². The Kier molecular flexibility index (Phi) is 4.12. The number of aryl methyl sites for hydroxylation is 1. The van der Waals surface area contributed by atoms with Crippen molar-refractivity contribution in [3.05, 3.63) is 5.82 Å². The molecule has 74 valence electrons. The van der Waals surface area contributed by atoms with Crippen LogP contribution in [0.4, 0.5) is 5.95 Å². The smallest absolute Gasteiger partial charge is 0.282 e. The van der Waals surface area contributed by atoms with Crippen molar-refractivity contribution >= 4 is 18.4 Å². The molecule has 0 unspecified atom stereocenters. The van der Waals surface area contributed by atoms with Gasteiger partial charge in [0, 0.05) is 19.7 Å². The first-order valence-corrected chi connectivity index (χ1v) is 4.13. The molecule has 7 nitrogen and oxygen atoms in total. The van der Waals surface area contributed by atoms with Gasteiger partial charge in [-0.15, -0.1) is 20.4 Å². The maximum absolute atomic E-state index is 3.80. The monoisotopic (exact) mass is 193 g/mol. The van der Waals surface area contributed by atoms with Crippen molar-refractivity contribution in [2.45, 2.75) is 13.3 Å². The molecule has 0 amide bonds. The zero-order chi connectivity index (χ0) is 10.2. The maximum Gasteiger partial charge on any atom is 0.282 e. The van der Waals surface area contributed by atoms with Crippen molar-refractivity contribution < 1.29 is 0 Å². The predicted molar refractivity (Wildman–Crippen MR) is 53.5 cm³/mol. The van der Waals surface area contributed by atoms with Gasteiger partial charge >= 0.3 is 0 Å². The van der Waals surface area contributed by atoms with Gasteiger partial charge in [-0.2, -0.15) is 5.10 Å². The minimum absolute atomic E-state index is 0.267. The summed E-state index contributed by atoms with van der Waals surface area (Å²) in [5.41, 5.74) is 2.56. The van der Waals surface area contributed by atoms with E-state index >= 15 is 0 Å². The van der Waals surface area contributed by atoms with Crippen LogP contribution in [0.15, 0.2) is 10.1 Å². The maximum atomic E-state index is 3.80. The minimum atomic E-state index is 0.267. The Bertz CT molecular complexity index is 315. The molecule has 0 saturated carbocycles. The van der Waals surface area contributed by atoms with E-state index in [1.165, 1.54) is 12.4 Å². The summed E-state index contributed by atoms with van der Waals surface area (Å²) in [7, 11) is 1.65. The largest absolute Gasteiger partial charge is 0.295 e. The molecule has 0 bridgehead atoms. The van der Waals surface area contributed by atoms with E-state index in [-0.39, 0.29) is 5.95 Å². The van der Waals surface area contributed by atoms with E-state index in [1.54, 1.807) is 7.05 Å². The molecular weight excluding hydrogens is 182 g/mol. The average molecular weight is 193 g/mol. The van der Waals surface area contributed by atoms with E-state index in [4.69, 9.17) is 0 Å². The number of hydrazone groups is 1. The molecule has 7 heteroatoms. The molecule has 1 rings (SSSR count). The van der Waals surface area contributed by atoms with E-state index in [0.29, 0.717) is 12.2 Å². The van der Waals surface area contributed by atoms with Gasteiger partial charge in [0.2, 0.25) is 0 Å². The van der Waals surface area contributed by atoms with E-state index in [0.717, 1.165) is 0 Å². The minimum Gasteiger partial charge on any atom is -0.295 e. The van der Waals surface area contributed by atoms with E-state index in [9.17, 15) is 0 Å². The standard InChI is InChI=1S/C7H11N7/c1-3-6-10-13-7(14-11-6)12-9-5-4-8-2/h4-5H,3H2,1-2H3,(H,12,13,14)/b8-4?,9-5+. The molecular formula is C7H11N7. The molecule has 1 heterocycles. The van der Waals surface area contributed by atoms with Crippen LogP contribution in [-0.4, -0.2) is 39.9 Å². The van der Waals surface area contributed by atoms with E-state index in [2.05, 4.69) is 35.9 Å². The molecule has 0 aliphatic carbocycles. The third kappa shape index (κ3) is 3.21. The van der Waals surface area contributed by atoms with Crippen LogP contribution in [0.2, 0.25) is 0 Å². The molecule has 0 spiro atoms. The SMILES string of the molecule is CCc1nnc(N/N=C/C=NC)nn1. The summed E-state index contributed by atoms with van der Waals surface area (Å²) in [6, 6.07) is 0. The highest BCUT2D eigenvalue weighted by Gasteiger charge is 1.96. The Morgan fingerprint density at radius 3 is 2.50 bits per heavy atom. The normalized spacial score (nSPS) is 11.3. The predicted octanol–water partition coefficient (Wildman–Crippen LogP) is -0.0727. The fraction of sp³-hybridized carbons (Fsp3) is 0.429. The Balaban J connectivity index is 2.51. The molecule has 0 saturated heterocycles. The second-order valence-electron chi connectivity index (χ2n) is 2.29. The number of aromatic nitrogens is 4. The zero-order valence-electron chi connectivity index (χ0n) is 8.05. The molecule has 0 aromatic carbocycles. The Labute approximate surface area is 81.4 Å². The molecule has 1 N–H and O–H groups in total. The summed E-state index contributed by atoms with van der Waals surface area (Å²) in [6.45, 7) is 1.93. The van der Waals surface area contributed by atoms with Gasteiger partial charge in [0.1, 0.15) is 0 Å². The van der Waals surface area contributed by atoms with Gasteiger partial charge in [0.25, 0.3) is 5.95 Å². The third-order valence-corrected chi connectivity index (χ3v) is 1.29. The number of anilines is 1. The molecule has 14 heavy (non-hydrogen) atoms. The van der Waals surface area contributed by atoms with Crippen molar-refractivity contribution in [2.75, 3.05) is 12.5 Å². The Morgan fingerprint density at radius 2 is 1.93 bits per heavy atom. The van der Waals surface area contributed by atoms with Crippen LogP contribution >= 0.6 is 0 Å². The first-order valence-electron chi connectivity index (χ1n) is 4.13. The summed E-state index contributed by atoms with van der Waals surface area (Å²) in [5, 5.41) is 18.9. The summed E-state index contributed by atoms with van der Waals surface area (Å²) in [4.78, 5) is 3.71. The van der Waals surface area contributed by atoms with E-state index in [1.807, 2.05) is 6.92 Å². The lowest BCUT2D eigenvalue weighted by atomic mass is 10.5. The van der Waals surface area contributed by atoms with Crippen molar-refractivity contribution in [3.8, 4) is 0 Å². The lowest BCUT2D eigenvalue weighted by Crippen LogP contribution is -2.04. The highest BCUT2D eigenvalue weighted by Crippen LogP contribution is 1.91. The second-order valence-corrected chi connectivity index (χ2v) is 2.29. The summed E-state index contributed by atoms with van der Waals surface area (Å²) in [5.74, 6) is 0.873. The number of nitrogens with one attached hydrogen (secondary N) is 1. The van der Waals surface area contributed by atoms with Gasteiger partial charge < -0.3 is 0 Å². The van der Waals surface area contributed by atoms with Gasteiger partial charge in [-0.1, -0.05) is 6.92 Å². The third-order valence-electron chi connectivity index (χ3n) is 1.29. The molecule has 0 radical (unpaired) electrons. The van der Waals surface area contributed by atoms with Gasteiger partial charge in [0.15, 0.2) is 5.82 Å². The first-order chi connectivity index (χ1) is 6.86. The lowest BCUT2D eigenvalue weighted by Gasteiger charge is -1.95. The van der Waals surface area contributed by atoms with Crippen LogP contribution in [0.5, 0.6) is 0 Å². The Morgan fingerprint density at radius 1 is 1.21 bits per heavy atom. The molecule has 0 fully saturated rings. The summed E-state index contributed by atoms with van der Waals surface area (Å²) in [6.07, 6.45) is 3.73. The number of rotatable bonds is 4. The van der Waals surface area contributed by atoms with Crippen LogP contribution < -0.4 is 5.43 Å². The van der Waals surface area contributed by atoms with E-state index < -0.39 is 0 Å². The molecule has 1 aromatic heterocycles. The van der Waals surface area contributed by atoms with Crippen molar-refractivity contribution in [3.63, 3.8) is 0 Å². The van der Waals surface area contributed by atoms with Crippen LogP contribution in [0.3, 0.4) is 0 Å². The quantitative estimate of drug-likeness (QED) is 0.534. The van der Waals surface area contributed by atoms with Gasteiger partial charge in [-0.25, -0.2) is 5.43 Å². The number of aliphatic imine (C=N–C) groups is 1. The Hall–Kier alpha value is -1.92. The van der Waals surface area contributed by atoms with Crippen molar-refractivity contribution in [2.24, 2.45) is 10.1 Å². The fourth-order valence-corrected chi connectivity index (χ4v) is 0.631. The fourth-order valence-electron chi connectivity index (χ4n) is 0.631. The zero-order valence-corrected chi connectivity index (χ0v) is 8.05. The average Bonchev–Trinajstić information content (AvgIpc) is 2.25. The highest BCUT2D eigenvalue weighted by atomic mass is 15.4. The summed E-state index contributed by atoms with van der Waals surface area (Å²) < 4.78 is 0. The van der Waals surface area contributed by atoms with Gasteiger partial charge in [-0.3, -0.25) is 4.99 Å². The summed E-state index contributed by atoms with van der Waals surface area (Å²) >= 11 is 0. The topological polar surface area (TPSA) is 88.3 Å². The molecule has 0 aliphatic heterocycles. The molecule has 0 aliphatic rings. The number of hydrogen-bond donors (Lipinski definition) is 1. The second kappa shape index (κ2) is 5.68. The number of nitrogens with zero attached hydrogens (tertiary/aromatic N) is 6. The lowest BCUT2D eigenvalue weighted by molar-refractivity contribution is 0.771. The van der Waals surface area contributed by atoms with Crippen LogP contribution in [0.25, 0.3) is 0 Å². The molecule has 1 aromatic rings. The molecule has 0 atom stereocenters. The van der Waals surface area contributed by atoms with Crippen molar-refractivity contribution in [1.82, 2.24) is 20.4 Å².